The Morgan fingerprint density at radius 3 is 2.94 bits per heavy atom. The van der Waals surface area contributed by atoms with E-state index in [9.17, 15) is 4.79 Å². The lowest BCUT2D eigenvalue weighted by Crippen LogP contribution is -1.98. The fraction of sp³-hybridized carbons (Fsp3) is 0.154. The lowest BCUT2D eigenvalue weighted by molar-refractivity contribution is 0.0697. The average molecular weight is 215 g/mol. The van der Waals surface area contributed by atoms with Crippen molar-refractivity contribution in [3.05, 3.63) is 48.7 Å². The number of carboxylic acid groups (broad SMARTS) is 1. The number of hydrogen-bond acceptors (Lipinski definition) is 1. The molecule has 0 aliphatic heterocycles. The van der Waals surface area contributed by atoms with Gasteiger partial charge in [-0.1, -0.05) is 12.1 Å². The van der Waals surface area contributed by atoms with Crippen molar-refractivity contribution in [2.24, 2.45) is 0 Å². The summed E-state index contributed by atoms with van der Waals surface area (Å²) in [7, 11) is 0. The predicted molar refractivity (Wildman–Crippen MR) is 63.7 cm³/mol. The minimum absolute atomic E-state index is 0.325. The Balaban J connectivity index is 2.46. The number of carbonyl (C=O) groups is 1. The van der Waals surface area contributed by atoms with E-state index in [0.717, 1.165) is 23.9 Å². The second-order valence-electron chi connectivity index (χ2n) is 3.67. The Hall–Kier alpha value is -2.03. The Morgan fingerprint density at radius 1 is 1.44 bits per heavy atom. The Kier molecular flexibility index (Phi) is 2.77. The fourth-order valence-corrected chi connectivity index (χ4v) is 1.74. The molecule has 1 aromatic heterocycles. The van der Waals surface area contributed by atoms with E-state index in [-0.39, 0.29) is 0 Å². The molecule has 0 spiro atoms. The summed E-state index contributed by atoms with van der Waals surface area (Å²) in [6, 6.07) is 7.16. The van der Waals surface area contributed by atoms with Crippen LogP contribution >= 0.6 is 0 Å². The normalized spacial score (nSPS) is 10.5. The highest BCUT2D eigenvalue weighted by Gasteiger charge is 2.06. The standard InChI is InChI=1S/C13H13NO2/c1-2-3-7-14-8-6-10-4-5-11(13(15)16)9-12(10)14/h2,4-6,8-9H,1,3,7H2,(H,15,16). The molecular formula is C13H13NO2. The Morgan fingerprint density at radius 2 is 2.25 bits per heavy atom. The van der Waals surface area contributed by atoms with Gasteiger partial charge in [-0.25, -0.2) is 4.79 Å². The Bertz CT molecular complexity index is 540. The SMILES string of the molecule is C=CCCn1ccc2ccc(C(=O)O)cc21. The van der Waals surface area contributed by atoms with Crippen LogP contribution in [0.5, 0.6) is 0 Å². The number of fused-ring (bicyclic) bond motifs is 1. The van der Waals surface area contributed by atoms with E-state index in [1.165, 1.54) is 0 Å². The third kappa shape index (κ3) is 1.84. The first-order valence-electron chi connectivity index (χ1n) is 5.15. The molecular weight excluding hydrogens is 202 g/mol. The number of aromatic nitrogens is 1. The van der Waals surface area contributed by atoms with Crippen molar-refractivity contribution in [3.8, 4) is 0 Å². The van der Waals surface area contributed by atoms with Crippen LogP contribution in [0.4, 0.5) is 0 Å². The van der Waals surface area contributed by atoms with Crippen molar-refractivity contribution in [2.45, 2.75) is 13.0 Å². The van der Waals surface area contributed by atoms with Crippen LogP contribution < -0.4 is 0 Å². The Labute approximate surface area is 93.6 Å². The summed E-state index contributed by atoms with van der Waals surface area (Å²) in [6.45, 7) is 4.51. The smallest absolute Gasteiger partial charge is 0.335 e. The number of carboxylic acids is 1. The van der Waals surface area contributed by atoms with E-state index in [4.69, 9.17) is 5.11 Å². The van der Waals surface area contributed by atoms with Gasteiger partial charge in [0.05, 0.1) is 5.56 Å². The number of aromatic carboxylic acids is 1. The van der Waals surface area contributed by atoms with Crippen LogP contribution in [-0.2, 0) is 6.54 Å². The van der Waals surface area contributed by atoms with Crippen molar-refractivity contribution in [1.29, 1.82) is 0 Å². The third-order valence-electron chi connectivity index (χ3n) is 2.59. The summed E-state index contributed by atoms with van der Waals surface area (Å²) in [5, 5.41) is 9.99. The molecule has 82 valence electrons. The highest BCUT2D eigenvalue weighted by atomic mass is 16.4. The first kappa shape index (κ1) is 10.5. The lowest BCUT2D eigenvalue weighted by atomic mass is 10.1. The molecule has 1 heterocycles. The first-order chi connectivity index (χ1) is 7.72. The highest BCUT2D eigenvalue weighted by Crippen LogP contribution is 2.18. The van der Waals surface area contributed by atoms with Gasteiger partial charge in [0, 0.05) is 18.3 Å². The summed E-state index contributed by atoms with van der Waals surface area (Å²) < 4.78 is 2.05. The molecule has 2 rings (SSSR count). The van der Waals surface area contributed by atoms with Crippen molar-refractivity contribution in [2.75, 3.05) is 0 Å². The molecule has 3 nitrogen and oxygen atoms in total. The summed E-state index contributed by atoms with van der Waals surface area (Å²) >= 11 is 0. The predicted octanol–water partition coefficient (Wildman–Crippen LogP) is 2.92. The molecule has 0 amide bonds. The number of allylic oxidation sites excluding steroid dienone is 1. The quantitative estimate of drug-likeness (QED) is 0.797. The minimum Gasteiger partial charge on any atom is -0.478 e. The first-order valence-corrected chi connectivity index (χ1v) is 5.15. The topological polar surface area (TPSA) is 42.2 Å². The molecule has 0 saturated carbocycles. The highest BCUT2D eigenvalue weighted by molar-refractivity contribution is 5.93. The molecule has 0 saturated heterocycles. The van der Waals surface area contributed by atoms with Gasteiger partial charge in [-0.05, 0) is 30.0 Å². The molecule has 0 radical (unpaired) electrons. The molecule has 1 aromatic carbocycles. The number of nitrogens with zero attached hydrogens (tertiary/aromatic N) is 1. The van der Waals surface area contributed by atoms with Gasteiger partial charge in [-0.2, -0.15) is 0 Å². The molecule has 0 bridgehead atoms. The summed E-state index contributed by atoms with van der Waals surface area (Å²) in [5.41, 5.74) is 1.29. The molecule has 16 heavy (non-hydrogen) atoms. The van der Waals surface area contributed by atoms with Crippen LogP contribution in [-0.4, -0.2) is 15.6 Å². The lowest BCUT2D eigenvalue weighted by Gasteiger charge is -2.03. The van der Waals surface area contributed by atoms with Gasteiger partial charge in [0.25, 0.3) is 0 Å². The zero-order valence-electron chi connectivity index (χ0n) is 8.89. The maximum absolute atomic E-state index is 10.9. The van der Waals surface area contributed by atoms with Crippen LogP contribution in [0, 0.1) is 0 Å². The fourth-order valence-electron chi connectivity index (χ4n) is 1.74. The molecule has 3 heteroatoms. The van der Waals surface area contributed by atoms with Crippen LogP contribution in [0.1, 0.15) is 16.8 Å². The van der Waals surface area contributed by atoms with Crippen LogP contribution in [0.25, 0.3) is 10.9 Å². The summed E-state index contributed by atoms with van der Waals surface area (Å²) in [4.78, 5) is 10.9. The minimum atomic E-state index is -0.890. The van der Waals surface area contributed by atoms with Gasteiger partial charge in [0.1, 0.15) is 0 Å². The van der Waals surface area contributed by atoms with Gasteiger partial charge >= 0.3 is 5.97 Å². The van der Waals surface area contributed by atoms with Crippen LogP contribution in [0.3, 0.4) is 0 Å². The zero-order chi connectivity index (χ0) is 11.5. The van der Waals surface area contributed by atoms with E-state index >= 15 is 0 Å². The number of hydrogen-bond donors (Lipinski definition) is 1. The second kappa shape index (κ2) is 4.23. The van der Waals surface area contributed by atoms with Crippen molar-refractivity contribution in [3.63, 3.8) is 0 Å². The largest absolute Gasteiger partial charge is 0.478 e. The van der Waals surface area contributed by atoms with E-state index in [2.05, 4.69) is 6.58 Å². The molecule has 0 atom stereocenters. The molecule has 0 aliphatic carbocycles. The van der Waals surface area contributed by atoms with Crippen LogP contribution in [0.15, 0.2) is 43.1 Å². The van der Waals surface area contributed by atoms with Crippen molar-refractivity contribution in [1.82, 2.24) is 4.57 Å². The van der Waals surface area contributed by atoms with Gasteiger partial charge in [-0.3, -0.25) is 0 Å². The number of benzene rings is 1. The maximum atomic E-state index is 10.9. The van der Waals surface area contributed by atoms with Gasteiger partial charge in [0.15, 0.2) is 0 Å². The van der Waals surface area contributed by atoms with Gasteiger partial charge in [0.2, 0.25) is 0 Å². The molecule has 0 unspecified atom stereocenters. The van der Waals surface area contributed by atoms with E-state index < -0.39 is 5.97 Å². The molecule has 2 aromatic rings. The van der Waals surface area contributed by atoms with E-state index in [1.54, 1.807) is 12.1 Å². The van der Waals surface area contributed by atoms with E-state index in [1.807, 2.05) is 29.0 Å². The molecule has 0 aliphatic rings. The van der Waals surface area contributed by atoms with Crippen LogP contribution in [0.2, 0.25) is 0 Å². The van der Waals surface area contributed by atoms with Gasteiger partial charge < -0.3 is 9.67 Å². The maximum Gasteiger partial charge on any atom is 0.335 e. The zero-order valence-corrected chi connectivity index (χ0v) is 8.89. The second-order valence-corrected chi connectivity index (χ2v) is 3.67. The third-order valence-corrected chi connectivity index (χ3v) is 2.59. The molecule has 0 fully saturated rings. The van der Waals surface area contributed by atoms with Crippen molar-refractivity contribution < 1.29 is 9.90 Å². The van der Waals surface area contributed by atoms with Gasteiger partial charge in [-0.15, -0.1) is 6.58 Å². The monoisotopic (exact) mass is 215 g/mol. The molecule has 1 N–H and O–H groups in total. The summed E-state index contributed by atoms with van der Waals surface area (Å²) in [5.74, 6) is -0.890. The average Bonchev–Trinajstić information content (AvgIpc) is 2.68. The number of rotatable bonds is 4. The van der Waals surface area contributed by atoms with Crippen molar-refractivity contribution >= 4 is 16.9 Å². The summed E-state index contributed by atoms with van der Waals surface area (Å²) in [6.07, 6.45) is 4.70. The van der Waals surface area contributed by atoms with E-state index in [0.29, 0.717) is 5.56 Å². The number of aryl methyl sites for hydroxylation is 1.